The summed E-state index contributed by atoms with van der Waals surface area (Å²) in [6.45, 7) is 0. The van der Waals surface area contributed by atoms with Gasteiger partial charge in [-0.15, -0.1) is 0 Å². The topological polar surface area (TPSA) is 21.7 Å². The molecule has 3 rings (SSSR count). The number of benzene rings is 1. The molecule has 2 fully saturated rings. The lowest BCUT2D eigenvalue weighted by Crippen LogP contribution is -2.43. The Balaban J connectivity index is 1.75. The van der Waals surface area contributed by atoms with Gasteiger partial charge in [-0.05, 0) is 50.9 Å². The highest BCUT2D eigenvalue weighted by molar-refractivity contribution is 7.10. The van der Waals surface area contributed by atoms with Crippen molar-refractivity contribution in [1.82, 2.24) is 4.90 Å². The molecule has 1 aromatic carbocycles. The van der Waals surface area contributed by atoms with E-state index in [1.54, 1.807) is 0 Å². The maximum Gasteiger partial charge on any atom is 0.416 e. The van der Waals surface area contributed by atoms with E-state index >= 15 is 0 Å². The molecule has 0 aromatic heterocycles. The van der Waals surface area contributed by atoms with Crippen LogP contribution in [0.25, 0.3) is 0 Å². The Bertz CT molecular complexity index is 538. The third-order valence-electron chi connectivity index (χ3n) is 4.75. The minimum Gasteiger partial charge on any atom is -0.486 e. The molecule has 7 heteroatoms. The summed E-state index contributed by atoms with van der Waals surface area (Å²) >= 11 is 0. The summed E-state index contributed by atoms with van der Waals surface area (Å²) in [4.78, 5) is 2.39. The van der Waals surface area contributed by atoms with Crippen LogP contribution in [0.5, 0.6) is 11.5 Å². The van der Waals surface area contributed by atoms with E-state index in [9.17, 15) is 13.2 Å². The zero-order valence-electron chi connectivity index (χ0n) is 12.3. The summed E-state index contributed by atoms with van der Waals surface area (Å²) < 4.78 is 49.2. The fraction of sp³-hybridized carbons (Fsp3) is 0.600. The van der Waals surface area contributed by atoms with E-state index in [0.29, 0.717) is 17.8 Å². The normalized spacial score (nSPS) is 28.7. The van der Waals surface area contributed by atoms with E-state index in [2.05, 4.69) is 11.9 Å². The molecule has 2 aliphatic rings. The smallest absolute Gasteiger partial charge is 0.416 e. The van der Waals surface area contributed by atoms with Crippen LogP contribution in [0.3, 0.4) is 0 Å². The molecule has 2 bridgehead atoms. The van der Waals surface area contributed by atoms with Gasteiger partial charge < -0.3 is 14.2 Å². The molecule has 3 nitrogen and oxygen atoms in total. The standard InChI is InChI=1S/C15H19F3NO2P/c1-19-10-3-4-11(19)8-12(7-10)20-13-5-2-9(15(16,17)18)6-14(13)21-22/h2,5-6,10-12H,3-4,7-8,22H2,1H3/t10-,11+,12?. The van der Waals surface area contributed by atoms with Crippen molar-refractivity contribution >= 4 is 9.47 Å². The van der Waals surface area contributed by atoms with Crippen LogP contribution in [0, 0.1) is 0 Å². The summed E-state index contributed by atoms with van der Waals surface area (Å²) in [6.07, 6.45) is -0.204. The molecular formula is C15H19F3NO2P. The lowest BCUT2D eigenvalue weighted by Gasteiger charge is -2.36. The van der Waals surface area contributed by atoms with Crippen molar-refractivity contribution in [3.63, 3.8) is 0 Å². The molecule has 0 amide bonds. The number of ether oxygens (including phenoxy) is 1. The van der Waals surface area contributed by atoms with Crippen LogP contribution in [-0.4, -0.2) is 30.1 Å². The van der Waals surface area contributed by atoms with Gasteiger partial charge >= 0.3 is 6.18 Å². The maximum atomic E-state index is 12.7. The molecule has 2 saturated heterocycles. The van der Waals surface area contributed by atoms with Gasteiger partial charge in [0, 0.05) is 12.1 Å². The van der Waals surface area contributed by atoms with E-state index in [1.807, 2.05) is 9.47 Å². The number of nitrogens with zero attached hydrogens (tertiary/aromatic N) is 1. The van der Waals surface area contributed by atoms with Gasteiger partial charge in [0.15, 0.2) is 11.5 Å². The van der Waals surface area contributed by atoms with E-state index < -0.39 is 11.7 Å². The molecule has 1 aromatic rings. The number of alkyl halides is 3. The molecule has 0 spiro atoms. The highest BCUT2D eigenvalue weighted by Gasteiger charge is 2.39. The number of halogens is 3. The second-order valence-electron chi connectivity index (χ2n) is 6.04. The Hall–Kier alpha value is -1.00. The average Bonchev–Trinajstić information content (AvgIpc) is 2.69. The number of rotatable bonds is 3. The van der Waals surface area contributed by atoms with Gasteiger partial charge in [-0.25, -0.2) is 0 Å². The van der Waals surface area contributed by atoms with Crippen molar-refractivity contribution < 1.29 is 22.4 Å². The Morgan fingerprint density at radius 3 is 2.32 bits per heavy atom. The van der Waals surface area contributed by atoms with Crippen LogP contribution in [0.1, 0.15) is 31.2 Å². The van der Waals surface area contributed by atoms with Crippen molar-refractivity contribution in [3.05, 3.63) is 23.8 Å². The van der Waals surface area contributed by atoms with Crippen molar-refractivity contribution in [2.24, 2.45) is 0 Å². The van der Waals surface area contributed by atoms with Gasteiger partial charge in [0.05, 0.1) is 15.0 Å². The van der Waals surface area contributed by atoms with Crippen molar-refractivity contribution in [2.75, 3.05) is 7.05 Å². The Morgan fingerprint density at radius 1 is 1.14 bits per heavy atom. The van der Waals surface area contributed by atoms with Gasteiger partial charge in [0.25, 0.3) is 0 Å². The zero-order valence-corrected chi connectivity index (χ0v) is 13.4. The summed E-state index contributed by atoms with van der Waals surface area (Å²) in [7, 11) is 4.12. The number of fused-ring (bicyclic) bond motifs is 2. The summed E-state index contributed by atoms with van der Waals surface area (Å²) in [5.41, 5.74) is -0.735. The molecule has 0 radical (unpaired) electrons. The fourth-order valence-corrected chi connectivity index (χ4v) is 3.70. The summed E-state index contributed by atoms with van der Waals surface area (Å²) in [5, 5.41) is 0. The quantitative estimate of drug-likeness (QED) is 0.784. The van der Waals surface area contributed by atoms with E-state index in [1.165, 1.54) is 18.9 Å². The second kappa shape index (κ2) is 5.89. The van der Waals surface area contributed by atoms with Crippen LogP contribution in [-0.2, 0) is 6.18 Å². The molecular weight excluding hydrogens is 314 g/mol. The first kappa shape index (κ1) is 15.9. The Labute approximate surface area is 130 Å². The molecule has 2 aliphatic heterocycles. The molecule has 0 saturated carbocycles. The number of hydrogen-bond donors (Lipinski definition) is 0. The van der Waals surface area contributed by atoms with Crippen LogP contribution in [0.15, 0.2) is 18.2 Å². The van der Waals surface area contributed by atoms with Crippen molar-refractivity contribution in [2.45, 2.75) is 50.0 Å². The third kappa shape index (κ3) is 3.04. The van der Waals surface area contributed by atoms with Gasteiger partial charge in [-0.2, -0.15) is 13.2 Å². The first-order valence-electron chi connectivity index (χ1n) is 7.35. The zero-order chi connectivity index (χ0) is 15.9. The van der Waals surface area contributed by atoms with Gasteiger partial charge in [-0.1, -0.05) is 0 Å². The van der Waals surface area contributed by atoms with Crippen LogP contribution in [0.4, 0.5) is 13.2 Å². The fourth-order valence-electron chi connectivity index (χ4n) is 3.51. The second-order valence-corrected chi connectivity index (χ2v) is 6.27. The average molecular weight is 333 g/mol. The highest BCUT2D eigenvalue weighted by Crippen LogP contribution is 2.40. The lowest BCUT2D eigenvalue weighted by molar-refractivity contribution is -0.137. The predicted octanol–water partition coefficient (Wildman–Crippen LogP) is 3.88. The molecule has 2 unspecified atom stereocenters. The number of hydrogen-bond acceptors (Lipinski definition) is 3. The first-order chi connectivity index (χ1) is 10.4. The molecule has 0 aliphatic carbocycles. The van der Waals surface area contributed by atoms with Crippen LogP contribution >= 0.6 is 9.47 Å². The molecule has 4 atom stereocenters. The minimum absolute atomic E-state index is 0.0318. The largest absolute Gasteiger partial charge is 0.486 e. The molecule has 2 heterocycles. The maximum absolute atomic E-state index is 12.7. The van der Waals surface area contributed by atoms with E-state index in [0.717, 1.165) is 25.0 Å². The minimum atomic E-state index is -4.39. The SMILES string of the molecule is CN1[C@@H]2CC[C@H]1CC(Oc1ccc(C(F)(F)F)cc1OP)C2. The van der Waals surface area contributed by atoms with Crippen LogP contribution < -0.4 is 9.26 Å². The monoisotopic (exact) mass is 333 g/mol. The van der Waals surface area contributed by atoms with Crippen LogP contribution in [0.2, 0.25) is 0 Å². The lowest BCUT2D eigenvalue weighted by atomic mass is 10.0. The summed E-state index contributed by atoms with van der Waals surface area (Å²) in [5.74, 6) is 0.475. The molecule has 122 valence electrons. The van der Waals surface area contributed by atoms with E-state index in [-0.39, 0.29) is 11.9 Å². The number of piperidine rings is 1. The van der Waals surface area contributed by atoms with E-state index in [4.69, 9.17) is 9.26 Å². The summed E-state index contributed by atoms with van der Waals surface area (Å²) in [6, 6.07) is 4.39. The Kier molecular flexibility index (Phi) is 4.25. The Morgan fingerprint density at radius 2 is 1.77 bits per heavy atom. The predicted molar refractivity (Wildman–Crippen MR) is 80.0 cm³/mol. The van der Waals surface area contributed by atoms with Gasteiger partial charge in [0.2, 0.25) is 0 Å². The van der Waals surface area contributed by atoms with Gasteiger partial charge in [0.1, 0.15) is 6.10 Å². The van der Waals surface area contributed by atoms with Crippen molar-refractivity contribution in [3.8, 4) is 11.5 Å². The highest BCUT2D eigenvalue weighted by atomic mass is 31.0. The molecule has 0 N–H and O–H groups in total. The third-order valence-corrected chi connectivity index (χ3v) is 5.00. The van der Waals surface area contributed by atoms with Gasteiger partial charge in [-0.3, -0.25) is 0 Å². The molecule has 22 heavy (non-hydrogen) atoms. The first-order valence-corrected chi connectivity index (χ1v) is 7.82. The van der Waals surface area contributed by atoms with Crippen molar-refractivity contribution in [1.29, 1.82) is 0 Å².